The highest BCUT2D eigenvalue weighted by Crippen LogP contribution is 2.14. The first kappa shape index (κ1) is 16.7. The van der Waals surface area contributed by atoms with Crippen LogP contribution in [0.1, 0.15) is 19.4 Å². The molecule has 1 rings (SSSR count). The summed E-state index contributed by atoms with van der Waals surface area (Å²) in [6.07, 6.45) is 0. The predicted molar refractivity (Wildman–Crippen MR) is 81.6 cm³/mol. The van der Waals surface area contributed by atoms with Crippen LogP contribution in [0.2, 0.25) is 0 Å². The molecule has 0 spiro atoms. The van der Waals surface area contributed by atoms with Gasteiger partial charge in [0.05, 0.1) is 12.5 Å². The summed E-state index contributed by atoms with van der Waals surface area (Å²) in [5, 5.41) is 0. The van der Waals surface area contributed by atoms with Gasteiger partial charge in [-0.2, -0.15) is 0 Å². The Hall–Kier alpha value is -1.40. The van der Waals surface area contributed by atoms with Gasteiger partial charge in [-0.05, 0) is 24.6 Å². The molecule has 110 valence electrons. The molecule has 0 aliphatic rings. The maximum atomic E-state index is 12.3. The number of primary amides is 1. The van der Waals surface area contributed by atoms with Crippen molar-refractivity contribution in [1.29, 1.82) is 0 Å². The lowest BCUT2D eigenvalue weighted by molar-refractivity contribution is -0.139. The van der Waals surface area contributed by atoms with Crippen LogP contribution in [0.25, 0.3) is 0 Å². The minimum Gasteiger partial charge on any atom is -0.368 e. The Kier molecular flexibility index (Phi) is 6.16. The van der Waals surface area contributed by atoms with Crippen LogP contribution in [0.15, 0.2) is 28.7 Å². The summed E-state index contributed by atoms with van der Waals surface area (Å²) >= 11 is 3.35. The topological polar surface area (TPSA) is 89.4 Å². The fourth-order valence-electron chi connectivity index (χ4n) is 1.72. The Morgan fingerprint density at radius 3 is 2.25 bits per heavy atom. The van der Waals surface area contributed by atoms with Crippen LogP contribution in [0, 0.1) is 5.92 Å². The number of carbonyl (C=O) groups is 2. The second kappa shape index (κ2) is 7.40. The second-order valence-electron chi connectivity index (χ2n) is 4.93. The molecule has 0 saturated heterocycles. The maximum Gasteiger partial charge on any atom is 0.237 e. The quantitative estimate of drug-likeness (QED) is 0.815. The van der Waals surface area contributed by atoms with E-state index in [0.717, 1.165) is 10.0 Å². The summed E-state index contributed by atoms with van der Waals surface area (Å²) in [5.74, 6) is -1.06. The van der Waals surface area contributed by atoms with Crippen molar-refractivity contribution in [2.75, 3.05) is 6.54 Å². The monoisotopic (exact) mass is 341 g/mol. The average molecular weight is 342 g/mol. The van der Waals surface area contributed by atoms with E-state index in [4.69, 9.17) is 11.5 Å². The van der Waals surface area contributed by atoms with E-state index >= 15 is 0 Å². The molecule has 0 saturated carbocycles. The lowest BCUT2D eigenvalue weighted by atomic mass is 10.0. The third-order valence-corrected chi connectivity index (χ3v) is 3.65. The summed E-state index contributed by atoms with van der Waals surface area (Å²) in [7, 11) is 0. The van der Waals surface area contributed by atoms with Crippen molar-refractivity contribution in [3.63, 3.8) is 0 Å². The summed E-state index contributed by atoms with van der Waals surface area (Å²) in [5.41, 5.74) is 11.9. The van der Waals surface area contributed by atoms with E-state index in [1.807, 2.05) is 24.3 Å². The Morgan fingerprint density at radius 1 is 1.25 bits per heavy atom. The summed E-state index contributed by atoms with van der Waals surface area (Å²) < 4.78 is 0.956. The molecule has 5 nitrogen and oxygen atoms in total. The van der Waals surface area contributed by atoms with Crippen LogP contribution in [0.4, 0.5) is 0 Å². The fraction of sp³-hybridized carbons (Fsp3) is 0.429. The molecule has 1 aromatic rings. The first-order chi connectivity index (χ1) is 9.31. The van der Waals surface area contributed by atoms with Gasteiger partial charge in [-0.25, -0.2) is 0 Å². The van der Waals surface area contributed by atoms with E-state index in [1.54, 1.807) is 13.8 Å². The zero-order chi connectivity index (χ0) is 15.3. The fourth-order valence-corrected chi connectivity index (χ4v) is 1.99. The molecule has 20 heavy (non-hydrogen) atoms. The molecule has 0 radical (unpaired) electrons. The summed E-state index contributed by atoms with van der Waals surface area (Å²) in [4.78, 5) is 24.9. The van der Waals surface area contributed by atoms with Crippen molar-refractivity contribution in [1.82, 2.24) is 4.90 Å². The number of hydrogen-bond acceptors (Lipinski definition) is 3. The zero-order valence-corrected chi connectivity index (χ0v) is 13.3. The number of rotatable bonds is 6. The molecular formula is C14H20BrN3O2. The van der Waals surface area contributed by atoms with E-state index in [2.05, 4.69) is 15.9 Å². The molecule has 0 aliphatic heterocycles. The first-order valence-corrected chi connectivity index (χ1v) is 7.17. The smallest absolute Gasteiger partial charge is 0.237 e. The van der Waals surface area contributed by atoms with Crippen molar-refractivity contribution in [3.8, 4) is 0 Å². The molecule has 2 amide bonds. The molecule has 2 unspecified atom stereocenters. The van der Waals surface area contributed by atoms with Crippen LogP contribution in [-0.4, -0.2) is 29.3 Å². The third kappa shape index (κ3) is 4.94. The van der Waals surface area contributed by atoms with Crippen LogP contribution in [0.3, 0.4) is 0 Å². The van der Waals surface area contributed by atoms with Gasteiger partial charge >= 0.3 is 0 Å². The Balaban J connectivity index is 2.86. The molecule has 0 bridgehead atoms. The highest BCUT2D eigenvalue weighted by atomic mass is 79.9. The van der Waals surface area contributed by atoms with Gasteiger partial charge in [0.2, 0.25) is 11.8 Å². The van der Waals surface area contributed by atoms with Crippen LogP contribution >= 0.6 is 15.9 Å². The number of carbonyl (C=O) groups excluding carboxylic acids is 2. The van der Waals surface area contributed by atoms with Crippen molar-refractivity contribution in [3.05, 3.63) is 34.3 Å². The van der Waals surface area contributed by atoms with Crippen molar-refractivity contribution >= 4 is 27.7 Å². The maximum absolute atomic E-state index is 12.3. The van der Waals surface area contributed by atoms with E-state index in [-0.39, 0.29) is 24.4 Å². The Bertz CT molecular complexity index is 474. The normalized spacial score (nSPS) is 13.6. The molecule has 0 aromatic heterocycles. The molecular weight excluding hydrogens is 322 g/mol. The largest absolute Gasteiger partial charge is 0.368 e. The zero-order valence-electron chi connectivity index (χ0n) is 11.7. The van der Waals surface area contributed by atoms with E-state index in [1.165, 1.54) is 4.90 Å². The SMILES string of the molecule is CC(N)C(C)C(=O)N(CC(N)=O)Cc1ccc(Br)cc1. The van der Waals surface area contributed by atoms with Gasteiger partial charge in [0.15, 0.2) is 0 Å². The molecule has 4 N–H and O–H groups in total. The number of amides is 2. The summed E-state index contributed by atoms with van der Waals surface area (Å²) in [6, 6.07) is 7.28. The first-order valence-electron chi connectivity index (χ1n) is 6.38. The Labute approximate surface area is 127 Å². The lowest BCUT2D eigenvalue weighted by Gasteiger charge is -2.26. The Morgan fingerprint density at radius 2 is 1.80 bits per heavy atom. The van der Waals surface area contributed by atoms with Gasteiger partial charge in [0.1, 0.15) is 0 Å². The van der Waals surface area contributed by atoms with Gasteiger partial charge in [-0.15, -0.1) is 0 Å². The second-order valence-corrected chi connectivity index (χ2v) is 5.85. The average Bonchev–Trinajstić information content (AvgIpc) is 2.38. The number of hydrogen-bond donors (Lipinski definition) is 2. The van der Waals surface area contributed by atoms with Crippen LogP contribution < -0.4 is 11.5 Å². The number of nitrogens with two attached hydrogens (primary N) is 2. The van der Waals surface area contributed by atoms with Gasteiger partial charge < -0.3 is 16.4 Å². The molecule has 1 aromatic carbocycles. The van der Waals surface area contributed by atoms with E-state index in [0.29, 0.717) is 6.54 Å². The standard InChI is InChI=1S/C14H20BrN3O2/c1-9(10(2)16)14(20)18(8-13(17)19)7-11-3-5-12(15)6-4-11/h3-6,9-10H,7-8,16H2,1-2H3,(H2,17,19). The van der Waals surface area contributed by atoms with Crippen molar-refractivity contribution in [2.24, 2.45) is 17.4 Å². The highest BCUT2D eigenvalue weighted by Gasteiger charge is 2.24. The minimum absolute atomic E-state index is 0.105. The van der Waals surface area contributed by atoms with Crippen molar-refractivity contribution < 1.29 is 9.59 Å². The number of nitrogens with zero attached hydrogens (tertiary/aromatic N) is 1. The minimum atomic E-state index is -0.535. The van der Waals surface area contributed by atoms with Crippen LogP contribution in [0.5, 0.6) is 0 Å². The molecule has 2 atom stereocenters. The third-order valence-electron chi connectivity index (χ3n) is 3.12. The molecule has 0 heterocycles. The molecule has 0 fully saturated rings. The lowest BCUT2D eigenvalue weighted by Crippen LogP contribution is -2.44. The van der Waals surface area contributed by atoms with E-state index < -0.39 is 5.91 Å². The number of halogens is 1. The van der Waals surface area contributed by atoms with Crippen molar-refractivity contribution in [2.45, 2.75) is 26.4 Å². The van der Waals surface area contributed by atoms with Gasteiger partial charge in [-0.3, -0.25) is 9.59 Å². The van der Waals surface area contributed by atoms with Gasteiger partial charge in [0, 0.05) is 17.1 Å². The predicted octanol–water partition coefficient (Wildman–Crippen LogP) is 1.25. The van der Waals surface area contributed by atoms with Gasteiger partial charge in [-0.1, -0.05) is 35.0 Å². The molecule has 0 aliphatic carbocycles. The van der Waals surface area contributed by atoms with Crippen LogP contribution in [-0.2, 0) is 16.1 Å². The van der Waals surface area contributed by atoms with E-state index in [9.17, 15) is 9.59 Å². The highest BCUT2D eigenvalue weighted by molar-refractivity contribution is 9.10. The molecule has 6 heteroatoms. The summed E-state index contributed by atoms with van der Waals surface area (Å²) in [6.45, 7) is 3.76. The number of benzene rings is 1. The van der Waals surface area contributed by atoms with Gasteiger partial charge in [0.25, 0.3) is 0 Å².